The van der Waals surface area contributed by atoms with Crippen molar-refractivity contribution >= 4 is 11.7 Å². The van der Waals surface area contributed by atoms with Crippen LogP contribution >= 0.6 is 0 Å². The molecule has 1 N–H and O–H groups in total. The van der Waals surface area contributed by atoms with E-state index < -0.39 is 0 Å². The second-order valence-corrected chi connectivity index (χ2v) is 5.31. The molecule has 2 aromatic rings. The van der Waals surface area contributed by atoms with Crippen LogP contribution in [0, 0.1) is 0 Å². The summed E-state index contributed by atoms with van der Waals surface area (Å²) in [7, 11) is 3.64. The number of anilines is 1. The van der Waals surface area contributed by atoms with Gasteiger partial charge >= 0.3 is 0 Å². The fraction of sp³-hybridized carbons (Fsp3) is 0.538. The Morgan fingerprint density at radius 1 is 1.38 bits per heavy atom. The monoisotopic (exact) mass is 289 g/mol. The van der Waals surface area contributed by atoms with E-state index in [9.17, 15) is 4.79 Å². The maximum atomic E-state index is 12.2. The topological polar surface area (TPSA) is 80.9 Å². The summed E-state index contributed by atoms with van der Waals surface area (Å²) in [6.45, 7) is 1.77. The minimum absolute atomic E-state index is 0.121. The maximum Gasteiger partial charge on any atom is 0.271 e. The van der Waals surface area contributed by atoms with Gasteiger partial charge in [0.15, 0.2) is 0 Å². The van der Waals surface area contributed by atoms with E-state index in [0.29, 0.717) is 5.69 Å². The molecule has 0 spiro atoms. The molecule has 1 aliphatic rings. The molecule has 8 heteroatoms. The first-order valence-electron chi connectivity index (χ1n) is 7.03. The number of piperidine rings is 1. The number of aryl methyl sites for hydroxylation is 2. The van der Waals surface area contributed by atoms with Gasteiger partial charge in [-0.05, 0) is 12.8 Å². The van der Waals surface area contributed by atoms with E-state index in [1.807, 2.05) is 17.8 Å². The van der Waals surface area contributed by atoms with Crippen molar-refractivity contribution in [3.05, 3.63) is 24.2 Å². The fourth-order valence-electron chi connectivity index (χ4n) is 2.73. The molecule has 0 radical (unpaired) electrons. The molecule has 1 atom stereocenters. The van der Waals surface area contributed by atoms with Crippen molar-refractivity contribution in [2.75, 3.05) is 18.0 Å². The van der Waals surface area contributed by atoms with Gasteiger partial charge in [0.05, 0.1) is 12.4 Å². The van der Waals surface area contributed by atoms with Crippen molar-refractivity contribution in [1.29, 1.82) is 0 Å². The van der Waals surface area contributed by atoms with Crippen molar-refractivity contribution in [2.45, 2.75) is 18.9 Å². The quantitative estimate of drug-likeness (QED) is 0.856. The van der Waals surface area contributed by atoms with Gasteiger partial charge in [-0.2, -0.15) is 5.10 Å². The summed E-state index contributed by atoms with van der Waals surface area (Å²) in [5, 5.41) is 14.8. The third-order valence-corrected chi connectivity index (χ3v) is 3.82. The van der Waals surface area contributed by atoms with Crippen LogP contribution in [0.4, 0.5) is 5.82 Å². The molecule has 0 aliphatic carbocycles. The van der Waals surface area contributed by atoms with Crippen LogP contribution in [0.5, 0.6) is 0 Å². The molecule has 8 nitrogen and oxygen atoms in total. The van der Waals surface area contributed by atoms with Crippen LogP contribution in [0.2, 0.25) is 0 Å². The number of carbonyl (C=O) groups is 1. The Balaban J connectivity index is 1.66. The Morgan fingerprint density at radius 3 is 2.90 bits per heavy atom. The molecule has 0 saturated carbocycles. The minimum Gasteiger partial charge on any atom is -0.355 e. The van der Waals surface area contributed by atoms with Crippen molar-refractivity contribution < 1.29 is 4.79 Å². The number of carbonyl (C=O) groups excluding carboxylic acids is 1. The van der Waals surface area contributed by atoms with Gasteiger partial charge in [0, 0.05) is 39.3 Å². The average Bonchev–Trinajstić information content (AvgIpc) is 3.07. The summed E-state index contributed by atoms with van der Waals surface area (Å²) in [6.07, 6.45) is 5.29. The van der Waals surface area contributed by atoms with Crippen LogP contribution in [0.15, 0.2) is 18.5 Å². The molecule has 3 heterocycles. The number of nitrogens with one attached hydrogen (secondary N) is 1. The van der Waals surface area contributed by atoms with E-state index in [0.717, 1.165) is 31.7 Å². The molecule has 3 rings (SSSR count). The first kappa shape index (κ1) is 13.6. The van der Waals surface area contributed by atoms with Gasteiger partial charge in [0.2, 0.25) is 0 Å². The number of amides is 1. The molecule has 2 aromatic heterocycles. The van der Waals surface area contributed by atoms with Gasteiger partial charge in [0.1, 0.15) is 11.5 Å². The molecule has 1 saturated heterocycles. The summed E-state index contributed by atoms with van der Waals surface area (Å²) in [5.74, 6) is 0.954. The van der Waals surface area contributed by atoms with Crippen molar-refractivity contribution in [2.24, 2.45) is 14.1 Å². The number of aromatic nitrogens is 5. The smallest absolute Gasteiger partial charge is 0.271 e. The number of nitrogens with zero attached hydrogens (tertiary/aromatic N) is 6. The lowest BCUT2D eigenvalue weighted by Crippen LogP contribution is -2.48. The molecule has 0 aromatic carbocycles. The standard InChI is InChI=1S/C13H19N7O/c1-18-11(8-14-17-18)13(21)16-10-4-3-7-20(9-10)12-5-6-15-19(12)2/h5-6,8,10H,3-4,7,9H2,1-2H3,(H,16,21). The summed E-state index contributed by atoms with van der Waals surface area (Å²) in [6, 6.07) is 2.12. The highest BCUT2D eigenvalue weighted by atomic mass is 16.2. The van der Waals surface area contributed by atoms with Gasteiger partial charge in [-0.1, -0.05) is 5.21 Å². The second kappa shape index (κ2) is 5.55. The molecule has 1 aliphatic heterocycles. The number of hydrogen-bond acceptors (Lipinski definition) is 5. The SMILES string of the molecule is Cn1nncc1C(=O)NC1CCCN(c2ccnn2C)C1. The minimum atomic E-state index is -0.126. The fourth-order valence-corrected chi connectivity index (χ4v) is 2.73. The lowest BCUT2D eigenvalue weighted by molar-refractivity contribution is 0.0923. The van der Waals surface area contributed by atoms with Crippen LogP contribution < -0.4 is 10.2 Å². The Bertz CT molecular complexity index is 632. The molecular weight excluding hydrogens is 270 g/mol. The summed E-state index contributed by atoms with van der Waals surface area (Å²) < 4.78 is 3.34. The average molecular weight is 289 g/mol. The van der Waals surface area contributed by atoms with E-state index in [2.05, 4.69) is 25.6 Å². The lowest BCUT2D eigenvalue weighted by Gasteiger charge is -2.34. The lowest BCUT2D eigenvalue weighted by atomic mass is 10.1. The zero-order chi connectivity index (χ0) is 14.8. The van der Waals surface area contributed by atoms with Crippen molar-refractivity contribution in [3.63, 3.8) is 0 Å². The number of rotatable bonds is 3. The van der Waals surface area contributed by atoms with Crippen LogP contribution in [0.3, 0.4) is 0 Å². The first-order chi connectivity index (χ1) is 10.1. The number of hydrogen-bond donors (Lipinski definition) is 1. The summed E-state index contributed by atoms with van der Waals surface area (Å²) in [4.78, 5) is 14.5. The third kappa shape index (κ3) is 2.74. The van der Waals surface area contributed by atoms with Crippen LogP contribution in [-0.4, -0.2) is 49.8 Å². The molecule has 112 valence electrons. The van der Waals surface area contributed by atoms with Crippen LogP contribution in [0.25, 0.3) is 0 Å². The van der Waals surface area contributed by atoms with E-state index in [4.69, 9.17) is 0 Å². The van der Waals surface area contributed by atoms with Crippen molar-refractivity contribution in [3.8, 4) is 0 Å². The Morgan fingerprint density at radius 2 is 2.24 bits per heavy atom. The summed E-state index contributed by atoms with van der Waals surface area (Å²) >= 11 is 0. The molecule has 1 fully saturated rings. The molecular formula is C13H19N7O. The highest BCUT2D eigenvalue weighted by Gasteiger charge is 2.24. The normalized spacial score (nSPS) is 18.8. The predicted octanol–water partition coefficient (Wildman–Crippen LogP) is -0.0526. The second-order valence-electron chi connectivity index (χ2n) is 5.31. The van der Waals surface area contributed by atoms with Gasteiger partial charge in [-0.15, -0.1) is 5.10 Å². The third-order valence-electron chi connectivity index (χ3n) is 3.82. The molecule has 0 bridgehead atoms. The maximum absolute atomic E-state index is 12.2. The largest absolute Gasteiger partial charge is 0.355 e. The predicted molar refractivity (Wildman–Crippen MR) is 76.9 cm³/mol. The summed E-state index contributed by atoms with van der Waals surface area (Å²) in [5.41, 5.74) is 0.479. The van der Waals surface area contributed by atoms with E-state index in [-0.39, 0.29) is 11.9 Å². The van der Waals surface area contributed by atoms with Crippen molar-refractivity contribution in [1.82, 2.24) is 30.1 Å². The van der Waals surface area contributed by atoms with E-state index >= 15 is 0 Å². The Labute approximate surface area is 122 Å². The highest BCUT2D eigenvalue weighted by Crippen LogP contribution is 2.19. The zero-order valence-corrected chi connectivity index (χ0v) is 12.2. The van der Waals surface area contributed by atoms with Gasteiger partial charge in [-0.3, -0.25) is 9.48 Å². The van der Waals surface area contributed by atoms with Gasteiger partial charge in [-0.25, -0.2) is 4.68 Å². The first-order valence-corrected chi connectivity index (χ1v) is 7.03. The Kier molecular flexibility index (Phi) is 3.59. The van der Waals surface area contributed by atoms with Gasteiger partial charge in [0.25, 0.3) is 5.91 Å². The molecule has 1 unspecified atom stereocenters. The zero-order valence-electron chi connectivity index (χ0n) is 12.2. The highest BCUT2D eigenvalue weighted by molar-refractivity contribution is 5.92. The van der Waals surface area contributed by atoms with E-state index in [1.165, 1.54) is 10.9 Å². The Hall–Kier alpha value is -2.38. The van der Waals surface area contributed by atoms with Crippen LogP contribution in [-0.2, 0) is 14.1 Å². The molecule has 21 heavy (non-hydrogen) atoms. The van der Waals surface area contributed by atoms with Crippen LogP contribution in [0.1, 0.15) is 23.3 Å². The molecule has 1 amide bonds. The van der Waals surface area contributed by atoms with E-state index in [1.54, 1.807) is 13.2 Å². The van der Waals surface area contributed by atoms with Gasteiger partial charge < -0.3 is 10.2 Å².